The van der Waals surface area contributed by atoms with Crippen molar-refractivity contribution in [3.8, 4) is 0 Å². The Hall–Kier alpha value is -0.900. The fourth-order valence-corrected chi connectivity index (χ4v) is 2.21. The molecule has 3 heteroatoms. The van der Waals surface area contributed by atoms with Gasteiger partial charge in [-0.15, -0.1) is 0 Å². The highest BCUT2D eigenvalue weighted by atomic mass is 16.5. The van der Waals surface area contributed by atoms with Crippen LogP contribution in [0.15, 0.2) is 24.3 Å². The van der Waals surface area contributed by atoms with Crippen molar-refractivity contribution in [2.45, 2.75) is 12.3 Å². The third kappa shape index (κ3) is 3.53. The van der Waals surface area contributed by atoms with E-state index in [0.717, 1.165) is 19.7 Å². The van der Waals surface area contributed by atoms with Crippen LogP contribution in [0.5, 0.6) is 0 Å². The van der Waals surface area contributed by atoms with Crippen LogP contribution in [0.1, 0.15) is 17.0 Å². The summed E-state index contributed by atoms with van der Waals surface area (Å²) in [6, 6.07) is 8.70. The van der Waals surface area contributed by atoms with Crippen molar-refractivity contribution in [3.05, 3.63) is 35.4 Å². The van der Waals surface area contributed by atoms with Gasteiger partial charge in [-0.3, -0.25) is 0 Å². The molecule has 1 aliphatic carbocycles. The van der Waals surface area contributed by atoms with E-state index in [0.29, 0.717) is 19.1 Å². The van der Waals surface area contributed by atoms with Crippen molar-refractivity contribution in [2.75, 3.05) is 40.0 Å². The molecule has 1 aliphatic rings. The number of methoxy groups -OCH3 is 1. The Kier molecular flexibility index (Phi) is 4.98. The van der Waals surface area contributed by atoms with E-state index in [2.05, 4.69) is 29.6 Å². The number of benzene rings is 1. The van der Waals surface area contributed by atoms with Crippen LogP contribution in [0, 0.1) is 0 Å². The predicted molar refractivity (Wildman–Crippen MR) is 68.5 cm³/mol. The molecule has 0 radical (unpaired) electrons. The van der Waals surface area contributed by atoms with Gasteiger partial charge in [0.2, 0.25) is 0 Å². The molecule has 0 spiro atoms. The second-order valence-electron chi connectivity index (χ2n) is 4.41. The molecule has 1 N–H and O–H groups in total. The first-order chi connectivity index (χ1) is 8.42. The monoisotopic (exact) mass is 235 g/mol. The van der Waals surface area contributed by atoms with E-state index in [1.165, 1.54) is 17.5 Å². The summed E-state index contributed by atoms with van der Waals surface area (Å²) in [7, 11) is 1.69. The fraction of sp³-hybridized carbons (Fsp3) is 0.571. The third-order valence-corrected chi connectivity index (χ3v) is 3.21. The molecule has 17 heavy (non-hydrogen) atoms. The van der Waals surface area contributed by atoms with Crippen LogP contribution in [0.3, 0.4) is 0 Å². The normalized spacial score (nSPS) is 17.6. The maximum atomic E-state index is 5.39. The van der Waals surface area contributed by atoms with Gasteiger partial charge in [0.1, 0.15) is 0 Å². The molecule has 1 aromatic rings. The first-order valence-electron chi connectivity index (χ1n) is 6.27. The molecule has 1 aromatic carbocycles. The lowest BCUT2D eigenvalue weighted by molar-refractivity contribution is 0.0718. The van der Waals surface area contributed by atoms with Crippen LogP contribution in [0.25, 0.3) is 0 Å². The highest BCUT2D eigenvalue weighted by Crippen LogP contribution is 2.33. The van der Waals surface area contributed by atoms with Crippen LogP contribution in [-0.2, 0) is 15.9 Å². The second-order valence-corrected chi connectivity index (χ2v) is 4.41. The average Bonchev–Trinajstić information content (AvgIpc) is 2.33. The predicted octanol–water partition coefficient (Wildman–Crippen LogP) is 1.58. The molecule has 0 fully saturated rings. The first-order valence-corrected chi connectivity index (χ1v) is 6.27. The lowest BCUT2D eigenvalue weighted by atomic mass is 9.78. The van der Waals surface area contributed by atoms with Gasteiger partial charge in [-0.1, -0.05) is 24.3 Å². The smallest absolute Gasteiger partial charge is 0.0700 e. The number of hydrogen-bond donors (Lipinski definition) is 1. The van der Waals surface area contributed by atoms with Crippen LogP contribution in [0.4, 0.5) is 0 Å². The molecule has 0 aromatic heterocycles. The SMILES string of the molecule is COCCOCCNCC1Cc2ccccc21. The van der Waals surface area contributed by atoms with Crippen LogP contribution in [0.2, 0.25) is 0 Å². The summed E-state index contributed by atoms with van der Waals surface area (Å²) in [5.41, 5.74) is 3.02. The molecule has 2 rings (SSSR count). The Morgan fingerprint density at radius 2 is 2.12 bits per heavy atom. The van der Waals surface area contributed by atoms with Crippen molar-refractivity contribution in [1.82, 2.24) is 5.32 Å². The topological polar surface area (TPSA) is 30.5 Å². The van der Waals surface area contributed by atoms with Gasteiger partial charge < -0.3 is 14.8 Å². The third-order valence-electron chi connectivity index (χ3n) is 3.21. The fourth-order valence-electron chi connectivity index (χ4n) is 2.21. The summed E-state index contributed by atoms with van der Waals surface area (Å²) >= 11 is 0. The van der Waals surface area contributed by atoms with Crippen molar-refractivity contribution < 1.29 is 9.47 Å². The number of hydrogen-bond acceptors (Lipinski definition) is 3. The first kappa shape index (κ1) is 12.6. The molecular formula is C14H21NO2. The van der Waals surface area contributed by atoms with Gasteiger partial charge in [-0.05, 0) is 17.5 Å². The molecule has 0 saturated heterocycles. The van der Waals surface area contributed by atoms with Crippen LogP contribution < -0.4 is 5.32 Å². The second kappa shape index (κ2) is 6.74. The highest BCUT2D eigenvalue weighted by molar-refractivity contribution is 5.40. The quantitative estimate of drug-likeness (QED) is 0.694. The Labute approximate surface area is 103 Å². The van der Waals surface area contributed by atoms with Crippen LogP contribution >= 0.6 is 0 Å². The van der Waals surface area contributed by atoms with Crippen molar-refractivity contribution in [1.29, 1.82) is 0 Å². The molecule has 0 aliphatic heterocycles. The van der Waals surface area contributed by atoms with E-state index in [1.807, 2.05) is 0 Å². The van der Waals surface area contributed by atoms with Gasteiger partial charge in [0.05, 0.1) is 19.8 Å². The summed E-state index contributed by atoms with van der Waals surface area (Å²) in [5.74, 6) is 0.699. The minimum atomic E-state index is 0.677. The molecule has 94 valence electrons. The molecule has 1 atom stereocenters. The maximum Gasteiger partial charge on any atom is 0.0700 e. The van der Waals surface area contributed by atoms with Crippen LogP contribution in [-0.4, -0.2) is 40.0 Å². The largest absolute Gasteiger partial charge is 0.382 e. The van der Waals surface area contributed by atoms with E-state index in [1.54, 1.807) is 7.11 Å². The minimum Gasteiger partial charge on any atom is -0.382 e. The number of nitrogens with one attached hydrogen (secondary N) is 1. The summed E-state index contributed by atoms with van der Waals surface area (Å²) in [6.07, 6.45) is 1.22. The van der Waals surface area contributed by atoms with Gasteiger partial charge in [0.25, 0.3) is 0 Å². The van der Waals surface area contributed by atoms with Gasteiger partial charge in [-0.25, -0.2) is 0 Å². The lowest BCUT2D eigenvalue weighted by Gasteiger charge is -2.30. The average molecular weight is 235 g/mol. The lowest BCUT2D eigenvalue weighted by Crippen LogP contribution is -2.31. The number of ether oxygens (including phenoxy) is 2. The van der Waals surface area contributed by atoms with Gasteiger partial charge in [0, 0.05) is 26.1 Å². The van der Waals surface area contributed by atoms with E-state index in [9.17, 15) is 0 Å². The zero-order chi connectivity index (χ0) is 11.9. The van der Waals surface area contributed by atoms with Crippen molar-refractivity contribution in [3.63, 3.8) is 0 Å². The Balaban J connectivity index is 1.53. The molecule has 0 amide bonds. The summed E-state index contributed by atoms with van der Waals surface area (Å²) in [5, 5.41) is 3.44. The van der Waals surface area contributed by atoms with Gasteiger partial charge in [-0.2, -0.15) is 0 Å². The summed E-state index contributed by atoms with van der Waals surface area (Å²) in [4.78, 5) is 0. The minimum absolute atomic E-state index is 0.677. The number of rotatable bonds is 8. The Morgan fingerprint density at radius 3 is 2.94 bits per heavy atom. The van der Waals surface area contributed by atoms with E-state index < -0.39 is 0 Å². The standard InChI is InChI=1S/C14H21NO2/c1-16-8-9-17-7-6-15-11-13-10-12-4-2-3-5-14(12)13/h2-5,13,15H,6-11H2,1H3. The van der Waals surface area contributed by atoms with Gasteiger partial charge in [0.15, 0.2) is 0 Å². The molecule has 0 bridgehead atoms. The summed E-state index contributed by atoms with van der Waals surface area (Å²) in [6.45, 7) is 4.10. The molecular weight excluding hydrogens is 214 g/mol. The summed E-state index contributed by atoms with van der Waals surface area (Å²) < 4.78 is 10.3. The zero-order valence-electron chi connectivity index (χ0n) is 10.4. The van der Waals surface area contributed by atoms with Crippen molar-refractivity contribution in [2.24, 2.45) is 0 Å². The van der Waals surface area contributed by atoms with E-state index in [4.69, 9.17) is 9.47 Å². The zero-order valence-corrected chi connectivity index (χ0v) is 10.4. The van der Waals surface area contributed by atoms with E-state index >= 15 is 0 Å². The highest BCUT2D eigenvalue weighted by Gasteiger charge is 2.24. The molecule has 0 heterocycles. The Morgan fingerprint density at radius 1 is 1.24 bits per heavy atom. The van der Waals surface area contributed by atoms with Gasteiger partial charge >= 0.3 is 0 Å². The number of fused-ring (bicyclic) bond motifs is 1. The molecule has 0 saturated carbocycles. The van der Waals surface area contributed by atoms with Crippen molar-refractivity contribution >= 4 is 0 Å². The molecule has 1 unspecified atom stereocenters. The van der Waals surface area contributed by atoms with E-state index in [-0.39, 0.29) is 0 Å². The molecule has 3 nitrogen and oxygen atoms in total. The maximum absolute atomic E-state index is 5.39. The Bertz CT molecular complexity index is 341.